The van der Waals surface area contributed by atoms with Gasteiger partial charge in [-0.3, -0.25) is 19.7 Å². The third-order valence-electron chi connectivity index (χ3n) is 4.51. The lowest BCUT2D eigenvalue weighted by Crippen LogP contribution is -2.50. The van der Waals surface area contributed by atoms with E-state index in [4.69, 9.17) is 4.42 Å². The number of hydrogen-bond acceptors (Lipinski definition) is 5. The Bertz CT molecular complexity index is 894. The molecule has 1 fully saturated rings. The molecule has 0 aliphatic carbocycles. The van der Waals surface area contributed by atoms with E-state index in [1.165, 1.54) is 24.5 Å². The van der Waals surface area contributed by atoms with Crippen molar-refractivity contribution in [2.24, 2.45) is 0 Å². The van der Waals surface area contributed by atoms with Crippen LogP contribution in [0.25, 0.3) is 6.08 Å². The Morgan fingerprint density at radius 1 is 1.11 bits per heavy atom. The third-order valence-corrected chi connectivity index (χ3v) is 4.51. The predicted octanol–water partition coefficient (Wildman–Crippen LogP) is 2.49. The number of carbonyl (C=O) groups is 2. The molecule has 0 N–H and O–H groups in total. The van der Waals surface area contributed by atoms with Crippen molar-refractivity contribution in [3.05, 3.63) is 69.7 Å². The zero-order chi connectivity index (χ0) is 19.4. The molecule has 8 nitrogen and oxygen atoms in total. The Morgan fingerprint density at radius 3 is 2.41 bits per heavy atom. The molecule has 2 aromatic rings. The van der Waals surface area contributed by atoms with Crippen molar-refractivity contribution in [2.45, 2.75) is 6.92 Å². The van der Waals surface area contributed by atoms with E-state index < -0.39 is 4.92 Å². The number of amides is 2. The lowest BCUT2D eigenvalue weighted by Gasteiger charge is -2.34. The van der Waals surface area contributed by atoms with Gasteiger partial charge in [0.2, 0.25) is 5.91 Å². The highest BCUT2D eigenvalue weighted by molar-refractivity contribution is 5.96. The SMILES string of the molecule is Cc1occc1C(=O)N1CCN(C(=O)/C=C\c2ccccc2[N+](=O)[O-])CC1. The van der Waals surface area contributed by atoms with E-state index in [9.17, 15) is 19.7 Å². The molecule has 2 heterocycles. The molecular formula is C19H19N3O5. The molecule has 0 radical (unpaired) electrons. The van der Waals surface area contributed by atoms with Crippen LogP contribution < -0.4 is 0 Å². The van der Waals surface area contributed by atoms with Gasteiger partial charge in [-0.25, -0.2) is 0 Å². The molecule has 1 aromatic carbocycles. The second-order valence-corrected chi connectivity index (χ2v) is 6.16. The molecule has 1 aliphatic rings. The maximum atomic E-state index is 12.5. The summed E-state index contributed by atoms with van der Waals surface area (Å²) in [7, 11) is 0. The summed E-state index contributed by atoms with van der Waals surface area (Å²) in [6.45, 7) is 3.40. The molecule has 8 heteroatoms. The first kappa shape index (κ1) is 18.4. The fourth-order valence-corrected chi connectivity index (χ4v) is 2.97. The van der Waals surface area contributed by atoms with Gasteiger partial charge in [-0.1, -0.05) is 12.1 Å². The number of nitro benzene ring substituents is 1. The summed E-state index contributed by atoms with van der Waals surface area (Å²) < 4.78 is 5.17. The Labute approximate surface area is 155 Å². The molecule has 0 spiro atoms. The predicted molar refractivity (Wildman–Crippen MR) is 98.1 cm³/mol. The van der Waals surface area contributed by atoms with Gasteiger partial charge in [-0.2, -0.15) is 0 Å². The van der Waals surface area contributed by atoms with Crippen LogP contribution in [0.2, 0.25) is 0 Å². The number of piperazine rings is 1. The van der Waals surface area contributed by atoms with Crippen LogP contribution in [0.1, 0.15) is 21.7 Å². The highest BCUT2D eigenvalue weighted by Gasteiger charge is 2.25. The van der Waals surface area contributed by atoms with Crippen LogP contribution in [-0.2, 0) is 4.79 Å². The summed E-state index contributed by atoms with van der Waals surface area (Å²) in [5.74, 6) is 0.231. The van der Waals surface area contributed by atoms with E-state index in [0.717, 1.165) is 0 Å². The lowest BCUT2D eigenvalue weighted by atomic mass is 10.1. The van der Waals surface area contributed by atoms with Gasteiger partial charge in [0.05, 0.1) is 22.3 Å². The number of rotatable bonds is 4. The van der Waals surface area contributed by atoms with Crippen LogP contribution >= 0.6 is 0 Å². The molecule has 1 saturated heterocycles. The smallest absolute Gasteiger partial charge is 0.276 e. The van der Waals surface area contributed by atoms with Crippen LogP contribution in [0, 0.1) is 17.0 Å². The van der Waals surface area contributed by atoms with Gasteiger partial charge in [0.25, 0.3) is 11.6 Å². The Kier molecular flexibility index (Phi) is 5.35. The van der Waals surface area contributed by atoms with Crippen molar-refractivity contribution in [3.63, 3.8) is 0 Å². The van der Waals surface area contributed by atoms with Gasteiger partial charge >= 0.3 is 0 Å². The van der Waals surface area contributed by atoms with Crippen LogP contribution in [-0.4, -0.2) is 52.7 Å². The normalized spacial score (nSPS) is 14.6. The first-order valence-electron chi connectivity index (χ1n) is 8.51. The van der Waals surface area contributed by atoms with E-state index >= 15 is 0 Å². The zero-order valence-corrected chi connectivity index (χ0v) is 14.8. The Balaban J connectivity index is 1.60. The summed E-state index contributed by atoms with van der Waals surface area (Å²) in [5, 5.41) is 11.0. The summed E-state index contributed by atoms with van der Waals surface area (Å²) in [6.07, 6.45) is 4.27. The second-order valence-electron chi connectivity index (χ2n) is 6.16. The number of aryl methyl sites for hydroxylation is 1. The number of hydrogen-bond donors (Lipinski definition) is 0. The minimum Gasteiger partial charge on any atom is -0.469 e. The molecule has 2 amide bonds. The largest absolute Gasteiger partial charge is 0.469 e. The van der Waals surface area contributed by atoms with E-state index in [2.05, 4.69) is 0 Å². The van der Waals surface area contributed by atoms with Gasteiger partial charge in [-0.05, 0) is 25.1 Å². The molecule has 27 heavy (non-hydrogen) atoms. The minimum absolute atomic E-state index is 0.0487. The molecule has 1 aliphatic heterocycles. The average molecular weight is 369 g/mol. The van der Waals surface area contributed by atoms with Crippen LogP contribution in [0.15, 0.2) is 47.1 Å². The van der Waals surface area contributed by atoms with Gasteiger partial charge in [0, 0.05) is 38.3 Å². The van der Waals surface area contributed by atoms with Crippen LogP contribution in [0.5, 0.6) is 0 Å². The van der Waals surface area contributed by atoms with Crippen LogP contribution in [0.3, 0.4) is 0 Å². The second kappa shape index (κ2) is 7.86. The Hall–Kier alpha value is -3.42. The minimum atomic E-state index is -0.480. The van der Waals surface area contributed by atoms with Crippen molar-refractivity contribution in [3.8, 4) is 0 Å². The summed E-state index contributed by atoms with van der Waals surface area (Å²) in [5.41, 5.74) is 0.860. The first-order chi connectivity index (χ1) is 13.0. The van der Waals surface area contributed by atoms with Crippen molar-refractivity contribution < 1.29 is 18.9 Å². The maximum absolute atomic E-state index is 12.5. The molecular weight excluding hydrogens is 350 g/mol. The van der Waals surface area contributed by atoms with Gasteiger partial charge in [0.15, 0.2) is 0 Å². The topological polar surface area (TPSA) is 96.9 Å². The molecule has 0 unspecified atom stereocenters. The number of para-hydroxylation sites is 1. The number of nitrogens with zero attached hydrogens (tertiary/aromatic N) is 3. The Morgan fingerprint density at radius 2 is 1.78 bits per heavy atom. The standard InChI is InChI=1S/C19H19N3O5/c1-14-16(8-13-27-14)19(24)21-11-9-20(10-12-21)18(23)7-6-15-4-2-3-5-17(15)22(25)26/h2-8,13H,9-12H2,1H3/b7-6-. The highest BCUT2D eigenvalue weighted by atomic mass is 16.6. The van der Waals surface area contributed by atoms with Crippen molar-refractivity contribution in [1.29, 1.82) is 0 Å². The molecule has 0 saturated carbocycles. The van der Waals surface area contributed by atoms with Crippen LogP contribution in [0.4, 0.5) is 5.69 Å². The fourth-order valence-electron chi connectivity index (χ4n) is 2.97. The van der Waals surface area contributed by atoms with Gasteiger partial charge in [0.1, 0.15) is 5.76 Å². The molecule has 1 aromatic heterocycles. The number of furan rings is 1. The molecule has 3 rings (SSSR count). The monoisotopic (exact) mass is 369 g/mol. The number of carbonyl (C=O) groups excluding carboxylic acids is 2. The zero-order valence-electron chi connectivity index (χ0n) is 14.8. The van der Waals surface area contributed by atoms with E-state index in [-0.39, 0.29) is 17.5 Å². The first-order valence-corrected chi connectivity index (χ1v) is 8.51. The quantitative estimate of drug-likeness (QED) is 0.469. The number of nitro groups is 1. The number of benzene rings is 1. The van der Waals surface area contributed by atoms with Gasteiger partial charge in [-0.15, -0.1) is 0 Å². The maximum Gasteiger partial charge on any atom is 0.276 e. The molecule has 140 valence electrons. The van der Waals surface area contributed by atoms with Crippen molar-refractivity contribution in [1.82, 2.24) is 9.80 Å². The summed E-state index contributed by atoms with van der Waals surface area (Å²) in [4.78, 5) is 38.7. The average Bonchev–Trinajstić information content (AvgIpc) is 3.11. The summed E-state index contributed by atoms with van der Waals surface area (Å²) >= 11 is 0. The third kappa shape index (κ3) is 4.05. The van der Waals surface area contributed by atoms with Crippen molar-refractivity contribution >= 4 is 23.6 Å². The van der Waals surface area contributed by atoms with E-state index in [0.29, 0.717) is 43.1 Å². The van der Waals surface area contributed by atoms with E-state index in [1.54, 1.807) is 41.0 Å². The highest BCUT2D eigenvalue weighted by Crippen LogP contribution is 2.19. The van der Waals surface area contributed by atoms with E-state index in [1.807, 2.05) is 0 Å². The molecule has 0 bridgehead atoms. The summed E-state index contributed by atoms with van der Waals surface area (Å²) in [6, 6.07) is 7.89. The van der Waals surface area contributed by atoms with Crippen molar-refractivity contribution in [2.75, 3.05) is 26.2 Å². The lowest BCUT2D eigenvalue weighted by molar-refractivity contribution is -0.385. The van der Waals surface area contributed by atoms with Gasteiger partial charge < -0.3 is 14.2 Å². The fraction of sp³-hybridized carbons (Fsp3) is 0.263. The molecule has 0 atom stereocenters.